The van der Waals surface area contributed by atoms with Crippen molar-refractivity contribution in [3.05, 3.63) is 120 Å². The zero-order valence-corrected chi connectivity index (χ0v) is 19.9. The van der Waals surface area contributed by atoms with E-state index in [9.17, 15) is 0 Å². The number of aliphatic imine (C=N–C) groups is 2. The van der Waals surface area contributed by atoms with Crippen molar-refractivity contribution in [2.75, 3.05) is 0 Å². The van der Waals surface area contributed by atoms with Gasteiger partial charge in [-0.05, 0) is 51.2 Å². The van der Waals surface area contributed by atoms with Crippen LogP contribution in [-0.4, -0.2) is 11.1 Å². The standard InChI is InChI=1S/C31H20ClN3O/c32-31-34-29(19-9-2-1-3-10-19)33-30(35-31)24-18-17-22(20-11-4-5-12-21(20)24)23-14-8-16-27-28(23)25-13-6-7-15-26(25)36-27/h1-18,29H,(H,33,34,35). The van der Waals surface area contributed by atoms with E-state index in [1.54, 1.807) is 0 Å². The third-order valence-corrected chi connectivity index (χ3v) is 6.88. The maximum atomic E-state index is 6.40. The van der Waals surface area contributed by atoms with Crippen LogP contribution in [0.25, 0.3) is 43.8 Å². The Bertz CT molecular complexity index is 1840. The minimum Gasteiger partial charge on any atom is -0.456 e. The van der Waals surface area contributed by atoms with Crippen LogP contribution in [0.15, 0.2) is 124 Å². The molecule has 172 valence electrons. The van der Waals surface area contributed by atoms with E-state index in [1.807, 2.05) is 48.5 Å². The number of furan rings is 1. The van der Waals surface area contributed by atoms with Crippen molar-refractivity contribution in [2.45, 2.75) is 6.17 Å². The summed E-state index contributed by atoms with van der Waals surface area (Å²) in [6.45, 7) is 0. The third-order valence-electron chi connectivity index (χ3n) is 6.70. The summed E-state index contributed by atoms with van der Waals surface area (Å²) in [6, 6.07) is 37.2. The van der Waals surface area contributed by atoms with Gasteiger partial charge in [-0.2, -0.15) is 0 Å². The van der Waals surface area contributed by atoms with E-state index in [1.165, 1.54) is 0 Å². The van der Waals surface area contributed by atoms with Gasteiger partial charge < -0.3 is 9.73 Å². The maximum Gasteiger partial charge on any atom is 0.222 e. The number of hydrogen-bond acceptors (Lipinski definition) is 4. The van der Waals surface area contributed by atoms with Gasteiger partial charge in [0.1, 0.15) is 23.2 Å². The molecule has 1 aliphatic heterocycles. The van der Waals surface area contributed by atoms with Crippen LogP contribution in [0.4, 0.5) is 0 Å². The predicted octanol–water partition coefficient (Wildman–Crippen LogP) is 8.05. The second-order valence-corrected chi connectivity index (χ2v) is 9.14. The van der Waals surface area contributed by atoms with Crippen LogP contribution in [-0.2, 0) is 0 Å². The van der Waals surface area contributed by atoms with Gasteiger partial charge in [0, 0.05) is 16.3 Å². The van der Waals surface area contributed by atoms with Crippen LogP contribution in [0.3, 0.4) is 0 Å². The summed E-state index contributed by atoms with van der Waals surface area (Å²) in [5.41, 5.74) is 6.06. The Balaban J connectivity index is 1.41. The highest BCUT2D eigenvalue weighted by atomic mass is 35.5. The van der Waals surface area contributed by atoms with Crippen molar-refractivity contribution >= 4 is 55.4 Å². The van der Waals surface area contributed by atoms with Crippen LogP contribution in [0.1, 0.15) is 17.3 Å². The lowest BCUT2D eigenvalue weighted by atomic mass is 9.92. The molecule has 4 nitrogen and oxygen atoms in total. The summed E-state index contributed by atoms with van der Waals surface area (Å²) in [5, 5.41) is 8.17. The summed E-state index contributed by atoms with van der Waals surface area (Å²) >= 11 is 6.40. The molecule has 0 amide bonds. The highest BCUT2D eigenvalue weighted by Gasteiger charge is 2.22. The molecule has 1 atom stereocenters. The molecule has 0 bridgehead atoms. The first kappa shape index (κ1) is 20.9. The molecular formula is C31H20ClN3O. The van der Waals surface area contributed by atoms with Crippen molar-refractivity contribution in [1.29, 1.82) is 0 Å². The summed E-state index contributed by atoms with van der Waals surface area (Å²) in [4.78, 5) is 9.07. The first-order chi connectivity index (χ1) is 17.8. The average Bonchev–Trinajstić information content (AvgIpc) is 3.32. The number of halogens is 1. The fraction of sp³-hybridized carbons (Fsp3) is 0.0323. The van der Waals surface area contributed by atoms with Gasteiger partial charge in [-0.15, -0.1) is 0 Å². The smallest absolute Gasteiger partial charge is 0.222 e. The van der Waals surface area contributed by atoms with Crippen LogP contribution in [0.2, 0.25) is 0 Å². The molecule has 36 heavy (non-hydrogen) atoms. The monoisotopic (exact) mass is 485 g/mol. The van der Waals surface area contributed by atoms with E-state index in [0.29, 0.717) is 5.84 Å². The van der Waals surface area contributed by atoms with Crippen LogP contribution >= 0.6 is 11.6 Å². The quantitative estimate of drug-likeness (QED) is 0.258. The first-order valence-electron chi connectivity index (χ1n) is 11.8. The number of nitrogens with one attached hydrogen (secondary N) is 1. The number of fused-ring (bicyclic) bond motifs is 4. The minimum absolute atomic E-state index is 0.236. The van der Waals surface area contributed by atoms with Gasteiger partial charge in [-0.25, -0.2) is 9.98 Å². The van der Waals surface area contributed by atoms with Crippen molar-refractivity contribution in [2.24, 2.45) is 9.98 Å². The molecule has 1 unspecified atom stereocenters. The van der Waals surface area contributed by atoms with Crippen LogP contribution < -0.4 is 5.32 Å². The first-order valence-corrected chi connectivity index (χ1v) is 12.2. The number of hydrogen-bond donors (Lipinski definition) is 1. The molecule has 1 aliphatic rings. The van der Waals surface area contributed by atoms with Crippen molar-refractivity contribution in [3.63, 3.8) is 0 Å². The molecule has 7 rings (SSSR count). The Morgan fingerprint density at radius 3 is 2.11 bits per heavy atom. The molecular weight excluding hydrogens is 466 g/mol. The Kier molecular flexibility index (Phi) is 4.86. The highest BCUT2D eigenvalue weighted by molar-refractivity contribution is 6.66. The molecule has 6 aromatic rings. The number of nitrogens with zero attached hydrogens (tertiary/aromatic N) is 2. The third kappa shape index (κ3) is 3.38. The predicted molar refractivity (Wildman–Crippen MR) is 149 cm³/mol. The number of benzene rings is 5. The SMILES string of the molecule is ClC1=NC(c2ccccc2)NC(c2ccc(-c3cccc4oc5ccccc5c34)c3ccccc23)=N1. The van der Waals surface area contributed by atoms with Gasteiger partial charge in [-0.3, -0.25) is 0 Å². The molecule has 1 aromatic heterocycles. The fourth-order valence-corrected chi connectivity index (χ4v) is 5.27. The zero-order chi connectivity index (χ0) is 24.1. The summed E-state index contributed by atoms with van der Waals surface area (Å²) in [7, 11) is 0. The Morgan fingerprint density at radius 1 is 0.611 bits per heavy atom. The highest BCUT2D eigenvalue weighted by Crippen LogP contribution is 2.40. The van der Waals surface area contributed by atoms with E-state index >= 15 is 0 Å². The lowest BCUT2D eigenvalue weighted by Crippen LogP contribution is -2.32. The molecule has 0 spiro atoms. The van der Waals surface area contributed by atoms with E-state index in [-0.39, 0.29) is 11.5 Å². The second kappa shape index (κ2) is 8.36. The van der Waals surface area contributed by atoms with Gasteiger partial charge in [-0.1, -0.05) is 97.1 Å². The van der Waals surface area contributed by atoms with E-state index in [0.717, 1.165) is 55.0 Å². The van der Waals surface area contributed by atoms with E-state index < -0.39 is 0 Å². The maximum absolute atomic E-state index is 6.40. The second-order valence-electron chi connectivity index (χ2n) is 8.80. The molecule has 0 fully saturated rings. The summed E-state index contributed by atoms with van der Waals surface area (Å²) in [5.74, 6) is 0.707. The Labute approximate surface area is 212 Å². The van der Waals surface area contributed by atoms with Crippen molar-refractivity contribution < 1.29 is 4.42 Å². The zero-order valence-electron chi connectivity index (χ0n) is 19.2. The minimum atomic E-state index is -0.296. The lowest BCUT2D eigenvalue weighted by molar-refractivity contribution is 0.669. The van der Waals surface area contributed by atoms with Gasteiger partial charge in [0.05, 0.1) is 0 Å². The van der Waals surface area contributed by atoms with E-state index in [4.69, 9.17) is 16.0 Å². The number of rotatable bonds is 3. The van der Waals surface area contributed by atoms with Gasteiger partial charge >= 0.3 is 0 Å². The van der Waals surface area contributed by atoms with Gasteiger partial charge in [0.25, 0.3) is 0 Å². The molecule has 0 saturated carbocycles. The molecule has 5 aromatic carbocycles. The van der Waals surface area contributed by atoms with Gasteiger partial charge in [0.2, 0.25) is 5.29 Å². The normalized spacial score (nSPS) is 15.6. The molecule has 0 radical (unpaired) electrons. The molecule has 0 aliphatic carbocycles. The number of para-hydroxylation sites is 1. The Morgan fingerprint density at radius 2 is 1.28 bits per heavy atom. The average molecular weight is 486 g/mol. The molecule has 1 N–H and O–H groups in total. The Hall–Kier alpha value is -4.41. The largest absolute Gasteiger partial charge is 0.456 e. The van der Waals surface area contributed by atoms with Crippen LogP contribution in [0.5, 0.6) is 0 Å². The molecule has 5 heteroatoms. The summed E-state index contributed by atoms with van der Waals surface area (Å²) < 4.78 is 6.15. The topological polar surface area (TPSA) is 49.9 Å². The van der Waals surface area contributed by atoms with Crippen molar-refractivity contribution in [1.82, 2.24) is 5.32 Å². The number of amidine groups is 2. The lowest BCUT2D eigenvalue weighted by Gasteiger charge is -2.23. The fourth-order valence-electron chi connectivity index (χ4n) is 5.09. The molecule has 0 saturated heterocycles. The molecule has 2 heterocycles. The van der Waals surface area contributed by atoms with Crippen LogP contribution in [0, 0.1) is 0 Å². The summed E-state index contributed by atoms with van der Waals surface area (Å²) in [6.07, 6.45) is -0.296. The van der Waals surface area contributed by atoms with Gasteiger partial charge in [0.15, 0.2) is 0 Å². The van der Waals surface area contributed by atoms with E-state index in [2.05, 4.69) is 76.0 Å². The van der Waals surface area contributed by atoms with Crippen molar-refractivity contribution in [3.8, 4) is 11.1 Å².